The summed E-state index contributed by atoms with van der Waals surface area (Å²) < 4.78 is 7.42. The van der Waals surface area contributed by atoms with Gasteiger partial charge in [-0.05, 0) is 18.1 Å². The number of rotatable bonds is 3. The Bertz CT molecular complexity index is 567. The van der Waals surface area contributed by atoms with Gasteiger partial charge in [-0.2, -0.15) is 0 Å². The van der Waals surface area contributed by atoms with Crippen LogP contribution in [0.15, 0.2) is 18.2 Å². The van der Waals surface area contributed by atoms with Crippen LogP contribution in [0.4, 0.5) is 0 Å². The molecule has 0 aliphatic heterocycles. The number of ether oxygens (including phenoxy) is 1. The van der Waals surface area contributed by atoms with Gasteiger partial charge in [0.05, 0.1) is 18.0 Å². The summed E-state index contributed by atoms with van der Waals surface area (Å²) in [5.41, 5.74) is 2.84. The van der Waals surface area contributed by atoms with E-state index in [-0.39, 0.29) is 0 Å². The van der Waals surface area contributed by atoms with Crippen molar-refractivity contribution in [3.05, 3.63) is 29.5 Å². The molecular weight excluding hydrogens is 214 g/mol. The summed E-state index contributed by atoms with van der Waals surface area (Å²) in [5.74, 6) is 1.06. The number of benzene rings is 1. The normalized spacial score (nSPS) is 11.1. The first-order chi connectivity index (χ1) is 8.11. The summed E-state index contributed by atoms with van der Waals surface area (Å²) in [7, 11) is 3.62. The Hall–Kier alpha value is -1.77. The Morgan fingerprint density at radius 3 is 2.59 bits per heavy atom. The monoisotopic (exact) mass is 231 g/mol. The molecule has 0 bridgehead atoms. The average Bonchev–Trinajstić information content (AvgIpc) is 2.62. The SMILES string of the molecule is COc1cccc2c1c(C=O)c(C(C)C)n2C. The molecule has 0 saturated heterocycles. The van der Waals surface area contributed by atoms with Gasteiger partial charge in [-0.1, -0.05) is 19.9 Å². The summed E-state index contributed by atoms with van der Waals surface area (Å²) in [6.45, 7) is 4.18. The number of fused-ring (bicyclic) bond motifs is 1. The van der Waals surface area contributed by atoms with Crippen molar-refractivity contribution in [1.29, 1.82) is 0 Å². The molecule has 17 heavy (non-hydrogen) atoms. The van der Waals surface area contributed by atoms with Crippen LogP contribution in [0.5, 0.6) is 5.75 Å². The minimum absolute atomic E-state index is 0.303. The Balaban J connectivity index is 2.94. The van der Waals surface area contributed by atoms with Crippen molar-refractivity contribution in [2.75, 3.05) is 7.11 Å². The number of nitrogens with zero attached hydrogens (tertiary/aromatic N) is 1. The first-order valence-electron chi connectivity index (χ1n) is 5.72. The van der Waals surface area contributed by atoms with E-state index in [0.29, 0.717) is 5.92 Å². The maximum atomic E-state index is 11.4. The van der Waals surface area contributed by atoms with E-state index in [1.807, 2.05) is 25.2 Å². The predicted octanol–water partition coefficient (Wildman–Crippen LogP) is 3.12. The molecule has 2 rings (SSSR count). The molecule has 0 spiro atoms. The Labute approximate surface area is 101 Å². The molecule has 3 nitrogen and oxygen atoms in total. The van der Waals surface area contributed by atoms with Gasteiger partial charge in [0.2, 0.25) is 0 Å². The van der Waals surface area contributed by atoms with Crippen LogP contribution < -0.4 is 4.74 Å². The van der Waals surface area contributed by atoms with Gasteiger partial charge in [-0.3, -0.25) is 4.79 Å². The highest BCUT2D eigenvalue weighted by atomic mass is 16.5. The highest BCUT2D eigenvalue weighted by Gasteiger charge is 2.19. The van der Waals surface area contributed by atoms with E-state index in [4.69, 9.17) is 4.74 Å². The molecule has 90 valence electrons. The quantitative estimate of drug-likeness (QED) is 0.760. The van der Waals surface area contributed by atoms with Crippen molar-refractivity contribution in [3.63, 3.8) is 0 Å². The first-order valence-corrected chi connectivity index (χ1v) is 5.72. The summed E-state index contributed by atoms with van der Waals surface area (Å²) in [4.78, 5) is 11.4. The van der Waals surface area contributed by atoms with Crippen LogP contribution in [0.2, 0.25) is 0 Å². The van der Waals surface area contributed by atoms with Crippen molar-refractivity contribution in [1.82, 2.24) is 4.57 Å². The second-order valence-electron chi connectivity index (χ2n) is 4.48. The molecule has 0 radical (unpaired) electrons. The summed E-state index contributed by atoms with van der Waals surface area (Å²) in [5, 5.41) is 0.913. The minimum atomic E-state index is 0.303. The molecule has 1 aromatic heterocycles. The van der Waals surface area contributed by atoms with Crippen molar-refractivity contribution < 1.29 is 9.53 Å². The molecule has 0 saturated carbocycles. The fourth-order valence-corrected chi connectivity index (χ4v) is 2.50. The fraction of sp³-hybridized carbons (Fsp3) is 0.357. The largest absolute Gasteiger partial charge is 0.496 e. The number of carbonyl (C=O) groups excluding carboxylic acids is 1. The molecule has 0 fully saturated rings. The van der Waals surface area contributed by atoms with Gasteiger partial charge in [-0.15, -0.1) is 0 Å². The van der Waals surface area contributed by atoms with Crippen LogP contribution in [0.25, 0.3) is 10.9 Å². The van der Waals surface area contributed by atoms with Crippen molar-refractivity contribution in [2.45, 2.75) is 19.8 Å². The van der Waals surface area contributed by atoms with Gasteiger partial charge in [0, 0.05) is 18.3 Å². The fourth-order valence-electron chi connectivity index (χ4n) is 2.50. The molecule has 0 aliphatic rings. The number of methoxy groups -OCH3 is 1. The number of aldehydes is 1. The lowest BCUT2D eigenvalue weighted by Crippen LogP contribution is -2.00. The van der Waals surface area contributed by atoms with E-state index in [1.54, 1.807) is 7.11 Å². The topological polar surface area (TPSA) is 31.2 Å². The van der Waals surface area contributed by atoms with Crippen LogP contribution >= 0.6 is 0 Å². The molecule has 1 aromatic carbocycles. The van der Waals surface area contributed by atoms with E-state index >= 15 is 0 Å². The van der Waals surface area contributed by atoms with Gasteiger partial charge in [0.25, 0.3) is 0 Å². The Morgan fingerprint density at radius 2 is 2.06 bits per heavy atom. The average molecular weight is 231 g/mol. The maximum Gasteiger partial charge on any atom is 0.152 e. The Morgan fingerprint density at radius 1 is 1.35 bits per heavy atom. The third-order valence-corrected chi connectivity index (χ3v) is 3.16. The molecular formula is C14H17NO2. The van der Waals surface area contributed by atoms with Crippen molar-refractivity contribution in [3.8, 4) is 5.75 Å². The second-order valence-corrected chi connectivity index (χ2v) is 4.48. The zero-order valence-corrected chi connectivity index (χ0v) is 10.7. The summed E-state index contributed by atoms with van der Waals surface area (Å²) in [6, 6.07) is 5.84. The molecule has 0 N–H and O–H groups in total. The van der Waals surface area contributed by atoms with Gasteiger partial charge in [-0.25, -0.2) is 0 Å². The van der Waals surface area contributed by atoms with Crippen LogP contribution in [-0.4, -0.2) is 18.0 Å². The van der Waals surface area contributed by atoms with Crippen LogP contribution in [0.3, 0.4) is 0 Å². The number of aryl methyl sites for hydroxylation is 1. The van der Waals surface area contributed by atoms with E-state index in [1.165, 1.54) is 0 Å². The number of carbonyl (C=O) groups is 1. The van der Waals surface area contributed by atoms with Gasteiger partial charge >= 0.3 is 0 Å². The smallest absolute Gasteiger partial charge is 0.152 e. The number of hydrogen-bond acceptors (Lipinski definition) is 2. The zero-order chi connectivity index (χ0) is 12.6. The van der Waals surface area contributed by atoms with Crippen molar-refractivity contribution in [2.24, 2.45) is 7.05 Å². The minimum Gasteiger partial charge on any atom is -0.496 e. The third-order valence-electron chi connectivity index (χ3n) is 3.16. The lowest BCUT2D eigenvalue weighted by Gasteiger charge is -2.08. The molecule has 0 unspecified atom stereocenters. The zero-order valence-electron chi connectivity index (χ0n) is 10.7. The first kappa shape index (κ1) is 11.7. The van der Waals surface area contributed by atoms with Crippen LogP contribution in [0.1, 0.15) is 35.8 Å². The highest BCUT2D eigenvalue weighted by molar-refractivity contribution is 6.03. The van der Waals surface area contributed by atoms with E-state index < -0.39 is 0 Å². The third kappa shape index (κ3) is 1.62. The molecule has 2 aromatic rings. The summed E-state index contributed by atoms with van der Waals surface area (Å²) >= 11 is 0. The lowest BCUT2D eigenvalue weighted by molar-refractivity contribution is 0.112. The molecule has 1 heterocycles. The lowest BCUT2D eigenvalue weighted by atomic mass is 10.0. The van der Waals surface area contributed by atoms with Crippen LogP contribution in [0, 0.1) is 0 Å². The number of aromatic nitrogens is 1. The molecule has 3 heteroatoms. The maximum absolute atomic E-state index is 11.4. The van der Waals surface area contributed by atoms with Gasteiger partial charge in [0.15, 0.2) is 6.29 Å². The molecule has 0 aliphatic carbocycles. The van der Waals surface area contributed by atoms with E-state index in [9.17, 15) is 4.79 Å². The van der Waals surface area contributed by atoms with Gasteiger partial charge < -0.3 is 9.30 Å². The van der Waals surface area contributed by atoms with Crippen molar-refractivity contribution >= 4 is 17.2 Å². The number of hydrogen-bond donors (Lipinski definition) is 0. The van der Waals surface area contributed by atoms with E-state index in [0.717, 1.165) is 34.2 Å². The van der Waals surface area contributed by atoms with E-state index in [2.05, 4.69) is 18.4 Å². The molecule has 0 atom stereocenters. The summed E-state index contributed by atoms with van der Waals surface area (Å²) in [6.07, 6.45) is 0.931. The molecule has 0 amide bonds. The van der Waals surface area contributed by atoms with Crippen LogP contribution in [-0.2, 0) is 7.05 Å². The van der Waals surface area contributed by atoms with Gasteiger partial charge in [0.1, 0.15) is 5.75 Å². The highest BCUT2D eigenvalue weighted by Crippen LogP contribution is 2.34. The second kappa shape index (κ2) is 4.24. The Kier molecular flexibility index (Phi) is 2.92. The standard InChI is InChI=1S/C14H17NO2/c1-9(2)14-10(8-16)13-11(15(14)3)6-5-7-12(13)17-4/h5-9H,1-4H3. The predicted molar refractivity (Wildman–Crippen MR) is 68.9 cm³/mol.